The smallest absolute Gasteiger partial charge is 0.335 e. The minimum atomic E-state index is -1.23. The van der Waals surface area contributed by atoms with Crippen LogP contribution in [0.25, 0.3) is 11.1 Å². The van der Waals surface area contributed by atoms with Crippen LogP contribution in [0.15, 0.2) is 66.7 Å². The van der Waals surface area contributed by atoms with Gasteiger partial charge in [-0.25, -0.2) is 4.79 Å². The van der Waals surface area contributed by atoms with Gasteiger partial charge in [0.05, 0.1) is 12.7 Å². The number of carbonyl (C=O) groups is 1. The van der Waals surface area contributed by atoms with E-state index in [1.807, 2.05) is 48.5 Å². The van der Waals surface area contributed by atoms with Crippen molar-refractivity contribution in [2.24, 2.45) is 0 Å². The van der Waals surface area contributed by atoms with Gasteiger partial charge >= 0.3 is 5.97 Å². The van der Waals surface area contributed by atoms with E-state index < -0.39 is 11.7 Å². The molecule has 0 atom stereocenters. The van der Waals surface area contributed by atoms with Crippen LogP contribution in [0.3, 0.4) is 0 Å². The van der Waals surface area contributed by atoms with Crippen molar-refractivity contribution in [2.75, 3.05) is 7.11 Å². The first-order chi connectivity index (χ1) is 12.6. The quantitative estimate of drug-likeness (QED) is 0.734. The Morgan fingerprint density at radius 3 is 2.15 bits per heavy atom. The number of carboxylic acid groups (broad SMARTS) is 1. The molecule has 1 N–H and O–H groups in total. The van der Waals surface area contributed by atoms with Gasteiger partial charge in [-0.15, -0.1) is 0 Å². The predicted octanol–water partition coefficient (Wildman–Crippen LogP) is 3.71. The van der Waals surface area contributed by atoms with Crippen LogP contribution in [0.4, 0.5) is 0 Å². The van der Waals surface area contributed by atoms with Crippen LogP contribution < -0.4 is 14.6 Å². The van der Waals surface area contributed by atoms with E-state index in [1.54, 1.807) is 13.2 Å². The average molecular weight is 349 g/mol. The summed E-state index contributed by atoms with van der Waals surface area (Å²) in [5, 5.41) is 20.6. The zero-order valence-corrected chi connectivity index (χ0v) is 14.1. The molecule has 0 amide bonds. The molecule has 0 unspecified atom stereocenters. The summed E-state index contributed by atoms with van der Waals surface area (Å²) in [5.41, 5.74) is 2.27. The highest BCUT2D eigenvalue weighted by Crippen LogP contribution is 2.26. The Hall–Kier alpha value is -3.47. The van der Waals surface area contributed by atoms with Crippen LogP contribution >= 0.6 is 0 Å². The highest BCUT2D eigenvalue weighted by atomic mass is 16.5. The Balaban J connectivity index is 1.70. The van der Waals surface area contributed by atoms with Gasteiger partial charge in [0.15, 0.2) is 0 Å². The Labute approximate surface area is 151 Å². The summed E-state index contributed by atoms with van der Waals surface area (Å²) in [7, 11) is 1.62. The van der Waals surface area contributed by atoms with Gasteiger partial charge in [0.2, 0.25) is 0 Å². The molecule has 26 heavy (non-hydrogen) atoms. The molecule has 5 nitrogen and oxygen atoms in total. The fraction of sp³-hybridized carbons (Fsp3) is 0.0952. The van der Waals surface area contributed by atoms with Gasteiger partial charge in [-0.05, 0) is 47.0 Å². The second-order valence-corrected chi connectivity index (χ2v) is 5.68. The third-order valence-electron chi connectivity index (χ3n) is 3.96. The highest BCUT2D eigenvalue weighted by Gasteiger charge is 2.07. The molecule has 3 rings (SSSR count). The van der Waals surface area contributed by atoms with Gasteiger partial charge in [-0.2, -0.15) is 0 Å². The van der Waals surface area contributed by atoms with E-state index in [4.69, 9.17) is 14.6 Å². The van der Waals surface area contributed by atoms with Crippen molar-refractivity contribution in [3.8, 4) is 28.4 Å². The molecule has 0 bridgehead atoms. The lowest BCUT2D eigenvalue weighted by molar-refractivity contribution is -0.268. The first kappa shape index (κ1) is 17.4. The Morgan fingerprint density at radius 2 is 1.54 bits per heavy atom. The summed E-state index contributed by atoms with van der Waals surface area (Å²) < 4.78 is 10.9. The SMILES string of the molecule is COc1ccc(COc2ccc(-c3ccc([O-])c(C(=O)O)c3)cc2)cc1. The third-order valence-corrected chi connectivity index (χ3v) is 3.96. The van der Waals surface area contributed by atoms with E-state index in [1.165, 1.54) is 12.1 Å². The van der Waals surface area contributed by atoms with Crippen LogP contribution in [0, 0.1) is 0 Å². The lowest BCUT2D eigenvalue weighted by Crippen LogP contribution is -2.03. The summed E-state index contributed by atoms with van der Waals surface area (Å²) >= 11 is 0. The third kappa shape index (κ3) is 3.95. The Kier molecular flexibility index (Phi) is 5.08. The number of hydrogen-bond acceptors (Lipinski definition) is 4. The van der Waals surface area contributed by atoms with Crippen molar-refractivity contribution in [2.45, 2.75) is 6.61 Å². The van der Waals surface area contributed by atoms with Crippen molar-refractivity contribution in [3.05, 3.63) is 77.9 Å². The number of rotatable bonds is 6. The van der Waals surface area contributed by atoms with Crippen LogP contribution in [0.5, 0.6) is 17.2 Å². The molecule has 0 radical (unpaired) electrons. The van der Waals surface area contributed by atoms with Gasteiger partial charge in [0.1, 0.15) is 18.1 Å². The monoisotopic (exact) mass is 349 g/mol. The van der Waals surface area contributed by atoms with E-state index in [2.05, 4.69) is 0 Å². The molecule has 0 heterocycles. The van der Waals surface area contributed by atoms with Gasteiger partial charge in [-0.1, -0.05) is 42.1 Å². The van der Waals surface area contributed by atoms with Crippen molar-refractivity contribution < 1.29 is 24.5 Å². The molecular formula is C21H17O5-. The highest BCUT2D eigenvalue weighted by molar-refractivity contribution is 5.92. The van der Waals surface area contributed by atoms with E-state index in [0.29, 0.717) is 17.9 Å². The van der Waals surface area contributed by atoms with Crippen LogP contribution in [-0.4, -0.2) is 18.2 Å². The van der Waals surface area contributed by atoms with Crippen molar-refractivity contribution in [3.63, 3.8) is 0 Å². The number of hydrogen-bond donors (Lipinski definition) is 1. The van der Waals surface area contributed by atoms with Crippen LogP contribution in [0.1, 0.15) is 15.9 Å². The Bertz CT molecular complexity index is 899. The summed E-state index contributed by atoms with van der Waals surface area (Å²) in [6.45, 7) is 0.428. The number of methoxy groups -OCH3 is 1. The van der Waals surface area contributed by atoms with Crippen LogP contribution in [-0.2, 0) is 6.61 Å². The van der Waals surface area contributed by atoms with Gasteiger partial charge in [0.25, 0.3) is 0 Å². The molecule has 0 aromatic heterocycles. The standard InChI is InChI=1S/C21H18O5/c1-25-17-7-2-14(3-8-17)13-26-18-9-4-15(5-10-18)16-6-11-20(22)19(12-16)21(23)24/h2-12,22H,13H2,1H3,(H,23,24)/p-1. The van der Waals surface area contributed by atoms with E-state index >= 15 is 0 Å². The topological polar surface area (TPSA) is 78.8 Å². The maximum Gasteiger partial charge on any atom is 0.335 e. The molecule has 0 aliphatic heterocycles. The largest absolute Gasteiger partial charge is 0.872 e. The molecule has 3 aromatic rings. The first-order valence-electron chi connectivity index (χ1n) is 7.97. The Morgan fingerprint density at radius 1 is 0.923 bits per heavy atom. The number of ether oxygens (including phenoxy) is 2. The zero-order valence-electron chi connectivity index (χ0n) is 14.1. The second kappa shape index (κ2) is 7.61. The maximum absolute atomic E-state index is 11.5. The molecule has 0 aliphatic rings. The number of carboxylic acids is 1. The fourth-order valence-corrected chi connectivity index (χ4v) is 2.51. The first-order valence-corrected chi connectivity index (χ1v) is 7.97. The van der Waals surface area contributed by atoms with Crippen molar-refractivity contribution >= 4 is 5.97 Å². The number of benzene rings is 3. The maximum atomic E-state index is 11.5. The molecule has 0 saturated heterocycles. The number of aromatic carboxylic acids is 1. The minimum Gasteiger partial charge on any atom is -0.872 e. The molecule has 132 valence electrons. The molecule has 0 spiro atoms. The van der Waals surface area contributed by atoms with E-state index in [-0.39, 0.29) is 5.56 Å². The second-order valence-electron chi connectivity index (χ2n) is 5.68. The molecule has 0 saturated carbocycles. The molecule has 5 heteroatoms. The lowest BCUT2D eigenvalue weighted by atomic mass is 10.0. The minimum absolute atomic E-state index is 0.234. The van der Waals surface area contributed by atoms with Gasteiger partial charge in [0, 0.05) is 0 Å². The molecular weight excluding hydrogens is 332 g/mol. The summed E-state index contributed by atoms with van der Waals surface area (Å²) in [4.78, 5) is 11.1. The lowest BCUT2D eigenvalue weighted by Gasteiger charge is -2.12. The van der Waals surface area contributed by atoms with Gasteiger partial charge in [-0.3, -0.25) is 0 Å². The average Bonchev–Trinajstić information content (AvgIpc) is 2.67. The van der Waals surface area contributed by atoms with Crippen LogP contribution in [0.2, 0.25) is 0 Å². The summed E-state index contributed by atoms with van der Waals surface area (Å²) in [5.74, 6) is -0.233. The zero-order chi connectivity index (χ0) is 18.5. The van der Waals surface area contributed by atoms with Crippen molar-refractivity contribution in [1.29, 1.82) is 0 Å². The van der Waals surface area contributed by atoms with E-state index in [0.717, 1.165) is 16.9 Å². The van der Waals surface area contributed by atoms with Gasteiger partial charge < -0.3 is 19.7 Å². The predicted molar refractivity (Wildman–Crippen MR) is 95.6 cm³/mol. The van der Waals surface area contributed by atoms with Crippen molar-refractivity contribution in [1.82, 2.24) is 0 Å². The van der Waals surface area contributed by atoms with E-state index in [9.17, 15) is 9.90 Å². The normalized spacial score (nSPS) is 10.3. The molecule has 0 fully saturated rings. The molecule has 3 aromatic carbocycles. The summed E-state index contributed by atoms with van der Waals surface area (Å²) in [6, 6.07) is 19.2. The molecule has 0 aliphatic carbocycles. The summed E-state index contributed by atoms with van der Waals surface area (Å²) in [6.07, 6.45) is 0. The fourth-order valence-electron chi connectivity index (χ4n) is 2.51.